The average Bonchev–Trinajstić information content (AvgIpc) is 3.26. The highest BCUT2D eigenvalue weighted by Crippen LogP contribution is 2.24. The summed E-state index contributed by atoms with van der Waals surface area (Å²) in [4.78, 5) is 19.2. The van der Waals surface area contributed by atoms with E-state index in [2.05, 4.69) is 20.6 Å². The summed E-state index contributed by atoms with van der Waals surface area (Å²) in [5, 5.41) is 6.16. The van der Waals surface area contributed by atoms with Crippen molar-refractivity contribution in [1.29, 1.82) is 0 Å². The van der Waals surface area contributed by atoms with Crippen molar-refractivity contribution >= 4 is 22.4 Å². The lowest BCUT2D eigenvalue weighted by atomic mass is 9.92. The first-order valence-corrected chi connectivity index (χ1v) is 9.42. The molecule has 0 aromatic carbocycles. The number of nitrogens with one attached hydrogen (secondary N) is 1. The molecule has 1 aromatic heterocycles. The Balaban J connectivity index is 1.41. The Morgan fingerprint density at radius 2 is 2.17 bits per heavy atom. The molecule has 3 heterocycles. The van der Waals surface area contributed by atoms with E-state index < -0.39 is 6.04 Å². The molecule has 2 fully saturated rings. The van der Waals surface area contributed by atoms with E-state index in [1.165, 1.54) is 12.8 Å². The predicted octanol–water partition coefficient (Wildman–Crippen LogP) is 1.16. The van der Waals surface area contributed by atoms with Crippen LogP contribution in [0.5, 0.6) is 0 Å². The molecule has 3 rings (SSSR count). The Labute approximate surface area is 141 Å². The third kappa shape index (κ3) is 4.43. The lowest BCUT2D eigenvalue weighted by Crippen LogP contribution is -2.47. The van der Waals surface area contributed by atoms with Gasteiger partial charge in [-0.15, -0.1) is 11.3 Å². The number of nitrogens with zero attached hydrogens (tertiary/aromatic N) is 2. The van der Waals surface area contributed by atoms with Gasteiger partial charge < -0.3 is 20.7 Å². The fourth-order valence-corrected chi connectivity index (χ4v) is 4.10. The van der Waals surface area contributed by atoms with Crippen LogP contribution in [-0.4, -0.2) is 49.8 Å². The maximum Gasteiger partial charge on any atom is 0.237 e. The summed E-state index contributed by atoms with van der Waals surface area (Å²) in [7, 11) is 0. The number of hydrogen-bond donors (Lipinski definition) is 2. The van der Waals surface area contributed by atoms with E-state index in [1.54, 1.807) is 11.3 Å². The first-order valence-electron chi connectivity index (χ1n) is 8.54. The molecule has 0 aliphatic carbocycles. The molecule has 2 aliphatic rings. The second-order valence-electron chi connectivity index (χ2n) is 6.33. The number of ether oxygens (including phenoxy) is 1. The Kier molecular flexibility index (Phi) is 5.85. The fourth-order valence-electron chi connectivity index (χ4n) is 3.19. The van der Waals surface area contributed by atoms with Crippen LogP contribution < -0.4 is 16.0 Å². The van der Waals surface area contributed by atoms with E-state index >= 15 is 0 Å². The monoisotopic (exact) mass is 338 g/mol. The Morgan fingerprint density at radius 1 is 1.43 bits per heavy atom. The molecular weight excluding hydrogens is 312 g/mol. The number of rotatable bonds is 6. The summed E-state index contributed by atoms with van der Waals surface area (Å²) >= 11 is 1.70. The van der Waals surface area contributed by atoms with Gasteiger partial charge in [0, 0.05) is 44.6 Å². The second kappa shape index (κ2) is 8.08. The highest BCUT2D eigenvalue weighted by atomic mass is 32.1. The van der Waals surface area contributed by atoms with Crippen molar-refractivity contribution < 1.29 is 9.53 Å². The third-order valence-corrected chi connectivity index (χ3v) is 5.62. The fraction of sp³-hybridized carbons (Fsp3) is 0.750. The van der Waals surface area contributed by atoms with Gasteiger partial charge in [-0.1, -0.05) is 0 Å². The number of thiazole rings is 1. The first kappa shape index (κ1) is 16.7. The van der Waals surface area contributed by atoms with Gasteiger partial charge in [-0.25, -0.2) is 4.98 Å². The molecule has 0 saturated carbocycles. The molecule has 7 heteroatoms. The van der Waals surface area contributed by atoms with E-state index in [-0.39, 0.29) is 11.8 Å². The Bertz CT molecular complexity index is 510. The minimum atomic E-state index is -0.422. The Hall–Kier alpha value is -1.18. The van der Waals surface area contributed by atoms with Crippen molar-refractivity contribution in [3.05, 3.63) is 11.1 Å². The van der Waals surface area contributed by atoms with Gasteiger partial charge in [0.25, 0.3) is 0 Å². The minimum Gasteiger partial charge on any atom is -0.381 e. The summed E-state index contributed by atoms with van der Waals surface area (Å²) in [6, 6.07) is -0.422. The molecule has 128 valence electrons. The van der Waals surface area contributed by atoms with Crippen molar-refractivity contribution in [2.45, 2.75) is 38.1 Å². The number of carbonyl (C=O) groups excluding carboxylic acids is 1. The average molecular weight is 338 g/mol. The van der Waals surface area contributed by atoms with Crippen molar-refractivity contribution in [3.63, 3.8) is 0 Å². The van der Waals surface area contributed by atoms with Gasteiger partial charge in [0.05, 0.1) is 11.7 Å². The van der Waals surface area contributed by atoms with Gasteiger partial charge in [0.15, 0.2) is 5.13 Å². The zero-order valence-electron chi connectivity index (χ0n) is 13.5. The standard InChI is InChI=1S/C16H26N4O2S/c17-14(12-4-9-22-10-5-12)15(21)18-6-3-13-11-23-16(19-13)20-7-1-2-8-20/h11-12,14H,1-10,17H2,(H,18,21). The number of nitrogens with two attached hydrogens (primary N) is 1. The molecule has 1 aromatic rings. The number of anilines is 1. The van der Waals surface area contributed by atoms with Gasteiger partial charge in [-0.2, -0.15) is 0 Å². The predicted molar refractivity (Wildman–Crippen MR) is 91.8 cm³/mol. The van der Waals surface area contributed by atoms with Crippen LogP contribution in [0.25, 0.3) is 0 Å². The van der Waals surface area contributed by atoms with E-state index in [1.807, 2.05) is 0 Å². The lowest BCUT2D eigenvalue weighted by Gasteiger charge is -2.26. The van der Waals surface area contributed by atoms with E-state index in [0.717, 1.165) is 43.2 Å². The van der Waals surface area contributed by atoms with Gasteiger partial charge in [-0.05, 0) is 31.6 Å². The van der Waals surface area contributed by atoms with E-state index in [9.17, 15) is 4.79 Å². The second-order valence-corrected chi connectivity index (χ2v) is 7.17. The van der Waals surface area contributed by atoms with Crippen molar-refractivity contribution in [2.75, 3.05) is 37.7 Å². The van der Waals surface area contributed by atoms with Crippen LogP contribution in [0.15, 0.2) is 5.38 Å². The van der Waals surface area contributed by atoms with E-state index in [0.29, 0.717) is 19.8 Å². The van der Waals surface area contributed by atoms with Gasteiger partial charge in [0.1, 0.15) is 0 Å². The van der Waals surface area contributed by atoms with Gasteiger partial charge >= 0.3 is 0 Å². The molecule has 23 heavy (non-hydrogen) atoms. The summed E-state index contributed by atoms with van der Waals surface area (Å²) in [6.07, 6.45) is 5.03. The van der Waals surface area contributed by atoms with Crippen LogP contribution in [0.3, 0.4) is 0 Å². The number of aromatic nitrogens is 1. The van der Waals surface area contributed by atoms with Gasteiger partial charge in [-0.3, -0.25) is 4.79 Å². The van der Waals surface area contributed by atoms with Crippen molar-refractivity contribution in [1.82, 2.24) is 10.3 Å². The molecule has 2 saturated heterocycles. The number of carbonyl (C=O) groups is 1. The first-order chi connectivity index (χ1) is 11.2. The largest absolute Gasteiger partial charge is 0.381 e. The summed E-state index contributed by atoms with van der Waals surface area (Å²) < 4.78 is 5.31. The molecule has 2 aliphatic heterocycles. The Morgan fingerprint density at radius 3 is 2.91 bits per heavy atom. The molecular formula is C16H26N4O2S. The normalized spacial score (nSPS) is 20.7. The zero-order chi connectivity index (χ0) is 16.1. The molecule has 0 spiro atoms. The molecule has 3 N–H and O–H groups in total. The minimum absolute atomic E-state index is 0.0492. The van der Waals surface area contributed by atoms with Crippen molar-refractivity contribution in [2.24, 2.45) is 11.7 Å². The van der Waals surface area contributed by atoms with E-state index in [4.69, 9.17) is 10.5 Å². The van der Waals surface area contributed by atoms with Crippen LogP contribution in [0.4, 0.5) is 5.13 Å². The molecule has 1 unspecified atom stereocenters. The molecule has 0 radical (unpaired) electrons. The summed E-state index contributed by atoms with van der Waals surface area (Å²) in [6.45, 7) is 4.25. The van der Waals surface area contributed by atoms with Crippen molar-refractivity contribution in [3.8, 4) is 0 Å². The van der Waals surface area contributed by atoms with Crippen LogP contribution in [0, 0.1) is 5.92 Å². The lowest BCUT2D eigenvalue weighted by molar-refractivity contribution is -0.124. The maximum atomic E-state index is 12.1. The number of hydrogen-bond acceptors (Lipinski definition) is 6. The third-order valence-electron chi connectivity index (χ3n) is 4.67. The van der Waals surface area contributed by atoms with Crippen LogP contribution in [-0.2, 0) is 16.0 Å². The van der Waals surface area contributed by atoms with Crippen LogP contribution in [0.1, 0.15) is 31.4 Å². The quantitative estimate of drug-likeness (QED) is 0.813. The van der Waals surface area contributed by atoms with Crippen LogP contribution in [0.2, 0.25) is 0 Å². The molecule has 1 amide bonds. The summed E-state index contributed by atoms with van der Waals surface area (Å²) in [5.41, 5.74) is 7.12. The van der Waals surface area contributed by atoms with Gasteiger partial charge in [0.2, 0.25) is 5.91 Å². The SMILES string of the molecule is NC(C(=O)NCCc1csc(N2CCCC2)n1)C1CCOCC1. The highest BCUT2D eigenvalue weighted by Gasteiger charge is 2.26. The maximum absolute atomic E-state index is 12.1. The molecule has 0 bridgehead atoms. The summed E-state index contributed by atoms with van der Waals surface area (Å²) in [5.74, 6) is 0.191. The smallest absolute Gasteiger partial charge is 0.237 e. The molecule has 1 atom stereocenters. The van der Waals surface area contributed by atoms with Crippen LogP contribution >= 0.6 is 11.3 Å². The molecule has 6 nitrogen and oxygen atoms in total. The highest BCUT2D eigenvalue weighted by molar-refractivity contribution is 7.13. The zero-order valence-corrected chi connectivity index (χ0v) is 14.3. The topological polar surface area (TPSA) is 80.5 Å². The number of amides is 1.